The quantitative estimate of drug-likeness (QED) is 0.731. The highest BCUT2D eigenvalue weighted by Gasteiger charge is 2.51. The molecule has 0 bridgehead atoms. The van der Waals surface area contributed by atoms with Gasteiger partial charge >= 0.3 is 0 Å². The van der Waals surface area contributed by atoms with Gasteiger partial charge in [0.25, 0.3) is 0 Å². The smallest absolute Gasteiger partial charge is 0.0663 e. The van der Waals surface area contributed by atoms with Crippen LogP contribution in [0.1, 0.15) is 26.2 Å². The summed E-state index contributed by atoms with van der Waals surface area (Å²) in [6, 6.07) is 2.51. The molecule has 0 aliphatic carbocycles. The fourth-order valence-electron chi connectivity index (χ4n) is 3.32. The Bertz CT molecular complexity index is 280. The number of nitriles is 1. The van der Waals surface area contributed by atoms with Crippen LogP contribution >= 0.6 is 0 Å². The molecule has 2 unspecified atom stereocenters. The van der Waals surface area contributed by atoms with Crippen LogP contribution in [0.15, 0.2) is 0 Å². The molecule has 2 fully saturated rings. The minimum Gasteiger partial charge on any atom is -0.380 e. The predicted octanol–water partition coefficient (Wildman–Crippen LogP) is 1.89. The Kier molecular flexibility index (Phi) is 3.51. The van der Waals surface area contributed by atoms with E-state index in [1.807, 2.05) is 0 Å². The SMILES string of the molecule is CCC(C#N)C1(C2CCCN(C)C2)COC1. The number of hydrogen-bond donors (Lipinski definition) is 0. The van der Waals surface area contributed by atoms with Gasteiger partial charge in [0.15, 0.2) is 0 Å². The Balaban J connectivity index is 2.11. The van der Waals surface area contributed by atoms with Crippen molar-refractivity contribution >= 4 is 0 Å². The molecule has 0 aromatic rings. The Morgan fingerprint density at radius 1 is 1.56 bits per heavy atom. The van der Waals surface area contributed by atoms with Crippen LogP contribution < -0.4 is 0 Å². The van der Waals surface area contributed by atoms with Crippen LogP contribution in [0.3, 0.4) is 0 Å². The van der Waals surface area contributed by atoms with Crippen molar-refractivity contribution in [3.63, 3.8) is 0 Å². The second-order valence-electron chi connectivity index (χ2n) is 5.42. The predicted molar refractivity (Wildman–Crippen MR) is 62.9 cm³/mol. The van der Waals surface area contributed by atoms with E-state index >= 15 is 0 Å². The van der Waals surface area contributed by atoms with Gasteiger partial charge in [0, 0.05) is 12.0 Å². The van der Waals surface area contributed by atoms with E-state index in [-0.39, 0.29) is 11.3 Å². The van der Waals surface area contributed by atoms with Crippen LogP contribution in [0.4, 0.5) is 0 Å². The van der Waals surface area contributed by atoms with E-state index in [4.69, 9.17) is 4.74 Å². The summed E-state index contributed by atoms with van der Waals surface area (Å²) in [6.07, 6.45) is 3.50. The lowest BCUT2D eigenvalue weighted by atomic mass is 9.62. The lowest BCUT2D eigenvalue weighted by Crippen LogP contribution is -2.56. The molecule has 2 aliphatic rings. The molecule has 0 saturated carbocycles. The third-order valence-electron chi connectivity index (χ3n) is 4.44. The molecule has 0 amide bonds. The first kappa shape index (κ1) is 11.9. The summed E-state index contributed by atoms with van der Waals surface area (Å²) in [7, 11) is 2.19. The van der Waals surface area contributed by atoms with E-state index in [1.54, 1.807) is 0 Å². The fourth-order valence-corrected chi connectivity index (χ4v) is 3.32. The van der Waals surface area contributed by atoms with Crippen LogP contribution in [0, 0.1) is 28.6 Å². The maximum Gasteiger partial charge on any atom is 0.0663 e. The molecule has 0 spiro atoms. The Hall–Kier alpha value is -0.590. The van der Waals surface area contributed by atoms with Crippen molar-refractivity contribution < 1.29 is 4.74 Å². The van der Waals surface area contributed by atoms with Crippen LogP contribution in [-0.4, -0.2) is 38.3 Å². The number of nitrogens with zero attached hydrogens (tertiary/aromatic N) is 2. The molecular weight excluding hydrogens is 200 g/mol. The summed E-state index contributed by atoms with van der Waals surface area (Å²) in [4.78, 5) is 2.40. The van der Waals surface area contributed by atoms with Gasteiger partial charge in [0.05, 0.1) is 25.2 Å². The van der Waals surface area contributed by atoms with Gasteiger partial charge in [0.1, 0.15) is 0 Å². The van der Waals surface area contributed by atoms with Gasteiger partial charge in [-0.15, -0.1) is 0 Å². The molecule has 2 rings (SSSR count). The van der Waals surface area contributed by atoms with Crippen molar-refractivity contribution in [1.82, 2.24) is 4.90 Å². The molecule has 0 N–H and O–H groups in total. The zero-order valence-corrected chi connectivity index (χ0v) is 10.4. The summed E-state index contributed by atoms with van der Waals surface area (Å²) in [5.41, 5.74) is 0.165. The average Bonchev–Trinajstić information content (AvgIpc) is 2.23. The highest BCUT2D eigenvalue weighted by molar-refractivity contribution is 5.05. The van der Waals surface area contributed by atoms with Gasteiger partial charge in [0.2, 0.25) is 0 Å². The van der Waals surface area contributed by atoms with E-state index in [9.17, 15) is 5.26 Å². The topological polar surface area (TPSA) is 36.3 Å². The second kappa shape index (κ2) is 4.73. The Morgan fingerprint density at radius 3 is 2.75 bits per heavy atom. The molecule has 3 nitrogen and oxygen atoms in total. The van der Waals surface area contributed by atoms with Crippen molar-refractivity contribution in [3.05, 3.63) is 0 Å². The minimum atomic E-state index is 0.165. The molecule has 16 heavy (non-hydrogen) atoms. The summed E-state index contributed by atoms with van der Waals surface area (Å²) in [6.45, 7) is 6.08. The van der Waals surface area contributed by atoms with E-state index in [0.717, 1.165) is 26.2 Å². The summed E-state index contributed by atoms with van der Waals surface area (Å²) in [5, 5.41) is 9.30. The first-order valence-electron chi connectivity index (χ1n) is 6.39. The van der Waals surface area contributed by atoms with Crippen molar-refractivity contribution in [2.45, 2.75) is 26.2 Å². The first-order valence-corrected chi connectivity index (χ1v) is 6.39. The number of hydrogen-bond acceptors (Lipinski definition) is 3. The average molecular weight is 222 g/mol. The van der Waals surface area contributed by atoms with E-state index in [0.29, 0.717) is 5.92 Å². The zero-order chi connectivity index (χ0) is 11.6. The van der Waals surface area contributed by atoms with Crippen molar-refractivity contribution in [3.8, 4) is 6.07 Å². The van der Waals surface area contributed by atoms with Gasteiger partial charge in [-0.25, -0.2) is 0 Å². The molecule has 3 heteroatoms. The third kappa shape index (κ3) is 1.85. The molecule has 2 saturated heterocycles. The lowest BCUT2D eigenvalue weighted by Gasteiger charge is -2.52. The number of likely N-dealkylation sites (tertiary alicyclic amines) is 1. The van der Waals surface area contributed by atoms with Crippen LogP contribution in [0.25, 0.3) is 0 Å². The molecule has 0 radical (unpaired) electrons. The Labute approximate surface area is 98.4 Å². The van der Waals surface area contributed by atoms with Gasteiger partial charge in [-0.2, -0.15) is 5.26 Å². The summed E-state index contributed by atoms with van der Waals surface area (Å²) in [5.74, 6) is 0.836. The maximum absolute atomic E-state index is 9.30. The van der Waals surface area contributed by atoms with Crippen molar-refractivity contribution in [1.29, 1.82) is 5.26 Å². The number of rotatable bonds is 3. The van der Waals surface area contributed by atoms with E-state index in [1.165, 1.54) is 19.4 Å². The molecule has 0 aromatic carbocycles. The van der Waals surface area contributed by atoms with Gasteiger partial charge in [-0.1, -0.05) is 6.92 Å². The zero-order valence-electron chi connectivity index (χ0n) is 10.4. The third-order valence-corrected chi connectivity index (χ3v) is 4.44. The second-order valence-corrected chi connectivity index (χ2v) is 5.42. The maximum atomic E-state index is 9.30. The largest absolute Gasteiger partial charge is 0.380 e. The molecule has 2 aliphatic heterocycles. The molecule has 0 aromatic heterocycles. The van der Waals surface area contributed by atoms with Gasteiger partial charge in [-0.3, -0.25) is 0 Å². The highest BCUT2D eigenvalue weighted by atomic mass is 16.5. The molecule has 2 heterocycles. The lowest BCUT2D eigenvalue weighted by molar-refractivity contribution is -0.177. The van der Waals surface area contributed by atoms with Crippen LogP contribution in [-0.2, 0) is 4.74 Å². The number of piperidine rings is 1. The summed E-state index contributed by atoms with van der Waals surface area (Å²) >= 11 is 0. The standard InChI is InChI=1S/C13H22N2O/c1-3-11(7-14)13(9-16-10-13)12-5-4-6-15(2)8-12/h11-12H,3-6,8-10H2,1-2H3. The van der Waals surface area contributed by atoms with Crippen molar-refractivity contribution in [2.24, 2.45) is 17.3 Å². The molecular formula is C13H22N2O. The number of ether oxygens (including phenoxy) is 1. The summed E-state index contributed by atoms with van der Waals surface area (Å²) < 4.78 is 5.44. The first-order chi connectivity index (χ1) is 7.73. The Morgan fingerprint density at radius 2 is 2.31 bits per heavy atom. The van der Waals surface area contributed by atoms with Crippen LogP contribution in [0.5, 0.6) is 0 Å². The molecule has 90 valence electrons. The minimum absolute atomic E-state index is 0.165. The highest BCUT2D eigenvalue weighted by Crippen LogP contribution is 2.47. The van der Waals surface area contributed by atoms with E-state index in [2.05, 4.69) is 24.9 Å². The fraction of sp³-hybridized carbons (Fsp3) is 0.923. The van der Waals surface area contributed by atoms with E-state index < -0.39 is 0 Å². The molecule has 2 atom stereocenters. The van der Waals surface area contributed by atoms with Crippen molar-refractivity contribution in [2.75, 3.05) is 33.4 Å². The van der Waals surface area contributed by atoms with Gasteiger partial charge in [-0.05, 0) is 38.8 Å². The normalized spacial score (nSPS) is 31.4. The van der Waals surface area contributed by atoms with Gasteiger partial charge < -0.3 is 9.64 Å². The monoisotopic (exact) mass is 222 g/mol. The van der Waals surface area contributed by atoms with Crippen LogP contribution in [0.2, 0.25) is 0 Å².